The highest BCUT2D eigenvalue weighted by Gasteiger charge is 2.16. The summed E-state index contributed by atoms with van der Waals surface area (Å²) >= 11 is 11.2. The van der Waals surface area contributed by atoms with Crippen LogP contribution in [0.4, 0.5) is 5.69 Å². The van der Waals surface area contributed by atoms with Gasteiger partial charge in [-0.2, -0.15) is 0 Å². The number of hydrogen-bond donors (Lipinski definition) is 2. The number of halogens is 1. The Labute approximate surface area is 118 Å². The molecule has 0 aliphatic carbocycles. The van der Waals surface area contributed by atoms with Gasteiger partial charge in [-0.25, -0.2) is 5.01 Å². The van der Waals surface area contributed by atoms with Crippen molar-refractivity contribution in [2.24, 2.45) is 5.73 Å². The summed E-state index contributed by atoms with van der Waals surface area (Å²) in [5.41, 5.74) is 10.7. The van der Waals surface area contributed by atoms with E-state index in [0.29, 0.717) is 15.6 Å². The number of nitrogens with one attached hydrogen (secondary N) is 1. The average molecular weight is 285 g/mol. The van der Waals surface area contributed by atoms with Crippen LogP contribution in [0.5, 0.6) is 0 Å². The molecule has 1 heterocycles. The first-order chi connectivity index (χ1) is 8.58. The molecule has 0 unspecified atom stereocenters. The number of rotatable bonds is 3. The molecule has 4 nitrogen and oxygen atoms in total. The van der Waals surface area contributed by atoms with Crippen molar-refractivity contribution in [3.63, 3.8) is 0 Å². The lowest BCUT2D eigenvalue weighted by Crippen LogP contribution is -2.47. The van der Waals surface area contributed by atoms with E-state index >= 15 is 0 Å². The summed E-state index contributed by atoms with van der Waals surface area (Å²) in [7, 11) is 2.12. The Morgan fingerprint density at radius 2 is 2.00 bits per heavy atom. The first-order valence-corrected chi connectivity index (χ1v) is 6.65. The van der Waals surface area contributed by atoms with Crippen LogP contribution in [0, 0.1) is 0 Å². The second kappa shape index (κ2) is 5.84. The van der Waals surface area contributed by atoms with Gasteiger partial charge >= 0.3 is 0 Å². The van der Waals surface area contributed by atoms with Gasteiger partial charge in [-0.05, 0) is 19.2 Å². The summed E-state index contributed by atoms with van der Waals surface area (Å²) in [6.07, 6.45) is 0. The normalized spacial score (nSPS) is 17.7. The number of likely N-dealkylation sites (N-methyl/N-ethyl adjacent to an activating group) is 1. The molecule has 98 valence electrons. The van der Waals surface area contributed by atoms with Gasteiger partial charge in [0.2, 0.25) is 0 Å². The summed E-state index contributed by atoms with van der Waals surface area (Å²) in [4.78, 5) is 2.61. The highest BCUT2D eigenvalue weighted by atomic mass is 35.5. The topological polar surface area (TPSA) is 44.5 Å². The van der Waals surface area contributed by atoms with Crippen LogP contribution >= 0.6 is 23.8 Å². The van der Waals surface area contributed by atoms with Crippen LogP contribution in [-0.2, 0) is 0 Å². The lowest BCUT2D eigenvalue weighted by Gasteiger charge is -2.33. The molecule has 0 spiro atoms. The van der Waals surface area contributed by atoms with E-state index in [1.807, 2.05) is 12.1 Å². The van der Waals surface area contributed by atoms with Crippen LogP contribution in [0.3, 0.4) is 0 Å². The van der Waals surface area contributed by atoms with Crippen molar-refractivity contribution in [3.05, 3.63) is 28.8 Å². The molecule has 1 aromatic carbocycles. The number of hydrazine groups is 1. The molecular weight excluding hydrogens is 268 g/mol. The standard InChI is InChI=1S/C12H17ClN4S/c1-16-5-7-17(8-6-16)15-10-4-2-3-9(13)11(10)12(14)18/h2-4,15H,5-8H2,1H3,(H2,14,18). The maximum Gasteiger partial charge on any atom is 0.107 e. The van der Waals surface area contributed by atoms with Crippen molar-refractivity contribution in [3.8, 4) is 0 Å². The van der Waals surface area contributed by atoms with Gasteiger partial charge < -0.3 is 16.1 Å². The van der Waals surface area contributed by atoms with E-state index in [1.165, 1.54) is 0 Å². The van der Waals surface area contributed by atoms with Crippen LogP contribution in [0.1, 0.15) is 5.56 Å². The number of hydrogen-bond acceptors (Lipinski definition) is 4. The second-order valence-corrected chi connectivity index (χ2v) is 5.28. The number of thiocarbonyl (C=S) groups is 1. The Balaban J connectivity index is 2.14. The molecule has 0 radical (unpaired) electrons. The SMILES string of the molecule is CN1CCN(Nc2cccc(Cl)c2C(N)=S)CC1. The zero-order valence-electron chi connectivity index (χ0n) is 10.3. The van der Waals surface area contributed by atoms with Crippen LogP contribution in [-0.4, -0.2) is 48.1 Å². The maximum absolute atomic E-state index is 6.13. The summed E-state index contributed by atoms with van der Waals surface area (Å²) in [5, 5.41) is 2.74. The van der Waals surface area contributed by atoms with Gasteiger partial charge in [0.1, 0.15) is 4.99 Å². The first-order valence-electron chi connectivity index (χ1n) is 5.86. The van der Waals surface area contributed by atoms with Crippen LogP contribution in [0.25, 0.3) is 0 Å². The van der Waals surface area contributed by atoms with E-state index in [1.54, 1.807) is 6.07 Å². The Bertz CT molecular complexity index is 444. The summed E-state index contributed by atoms with van der Waals surface area (Å²) in [5.74, 6) is 0. The molecule has 0 saturated carbocycles. The van der Waals surface area contributed by atoms with Crippen molar-refractivity contribution in [2.45, 2.75) is 0 Å². The smallest absolute Gasteiger partial charge is 0.107 e. The van der Waals surface area contributed by atoms with E-state index in [2.05, 4.69) is 22.4 Å². The van der Waals surface area contributed by atoms with Gasteiger partial charge in [0.25, 0.3) is 0 Å². The third-order valence-corrected chi connectivity index (χ3v) is 3.56. The molecule has 1 aliphatic heterocycles. The van der Waals surface area contributed by atoms with Crippen molar-refractivity contribution < 1.29 is 0 Å². The van der Waals surface area contributed by atoms with Crippen LogP contribution in [0.2, 0.25) is 5.02 Å². The molecule has 2 rings (SSSR count). The monoisotopic (exact) mass is 284 g/mol. The van der Waals surface area contributed by atoms with E-state index in [-0.39, 0.29) is 0 Å². The average Bonchev–Trinajstić information content (AvgIpc) is 2.32. The van der Waals surface area contributed by atoms with E-state index in [4.69, 9.17) is 29.6 Å². The molecule has 1 aliphatic rings. The summed E-state index contributed by atoms with van der Waals surface area (Å²) < 4.78 is 0. The lowest BCUT2D eigenvalue weighted by atomic mass is 10.2. The zero-order chi connectivity index (χ0) is 13.1. The number of piperazine rings is 1. The molecule has 0 bridgehead atoms. The molecule has 1 saturated heterocycles. The Kier molecular flexibility index (Phi) is 4.40. The fourth-order valence-corrected chi connectivity index (χ4v) is 2.51. The predicted octanol–water partition coefficient (Wildman–Crippen LogP) is 1.55. The van der Waals surface area contributed by atoms with Crippen molar-refractivity contribution in [2.75, 3.05) is 38.7 Å². The fourth-order valence-electron chi connectivity index (χ4n) is 1.96. The molecule has 1 aromatic rings. The minimum absolute atomic E-state index is 0.317. The number of nitrogens with two attached hydrogens (primary N) is 1. The molecule has 18 heavy (non-hydrogen) atoms. The molecule has 0 aromatic heterocycles. The van der Waals surface area contributed by atoms with Gasteiger partial charge in [-0.15, -0.1) is 0 Å². The molecule has 0 atom stereocenters. The highest BCUT2D eigenvalue weighted by molar-refractivity contribution is 7.80. The molecule has 0 amide bonds. The zero-order valence-corrected chi connectivity index (χ0v) is 11.9. The summed E-state index contributed by atoms with van der Waals surface area (Å²) in [6, 6.07) is 5.63. The Morgan fingerprint density at radius 1 is 1.33 bits per heavy atom. The van der Waals surface area contributed by atoms with Gasteiger partial charge in [0.15, 0.2) is 0 Å². The van der Waals surface area contributed by atoms with Crippen molar-refractivity contribution in [1.29, 1.82) is 0 Å². The lowest BCUT2D eigenvalue weighted by molar-refractivity contribution is 0.179. The van der Waals surface area contributed by atoms with Crippen LogP contribution < -0.4 is 11.2 Å². The van der Waals surface area contributed by atoms with Gasteiger partial charge in [0.05, 0.1) is 16.3 Å². The van der Waals surface area contributed by atoms with Crippen molar-refractivity contribution >= 4 is 34.5 Å². The largest absolute Gasteiger partial charge is 0.389 e. The van der Waals surface area contributed by atoms with Gasteiger partial charge in [-0.3, -0.25) is 0 Å². The predicted molar refractivity (Wildman–Crippen MR) is 80.0 cm³/mol. The number of anilines is 1. The minimum Gasteiger partial charge on any atom is -0.389 e. The maximum atomic E-state index is 6.13. The molecule has 1 fully saturated rings. The first kappa shape index (κ1) is 13.5. The molecule has 6 heteroatoms. The summed E-state index contributed by atoms with van der Waals surface area (Å²) in [6.45, 7) is 3.99. The Hall–Kier alpha value is -0.880. The van der Waals surface area contributed by atoms with E-state index < -0.39 is 0 Å². The Morgan fingerprint density at radius 3 is 2.61 bits per heavy atom. The fraction of sp³-hybridized carbons (Fsp3) is 0.417. The van der Waals surface area contributed by atoms with Gasteiger partial charge in [0, 0.05) is 26.2 Å². The van der Waals surface area contributed by atoms with E-state index in [9.17, 15) is 0 Å². The quantitative estimate of drug-likeness (QED) is 0.825. The highest BCUT2D eigenvalue weighted by Crippen LogP contribution is 2.24. The minimum atomic E-state index is 0.317. The van der Waals surface area contributed by atoms with E-state index in [0.717, 1.165) is 31.9 Å². The van der Waals surface area contributed by atoms with Crippen LogP contribution in [0.15, 0.2) is 18.2 Å². The third kappa shape index (κ3) is 3.11. The third-order valence-electron chi connectivity index (χ3n) is 3.04. The molecular formula is C12H17ClN4S. The van der Waals surface area contributed by atoms with Gasteiger partial charge in [-0.1, -0.05) is 29.9 Å². The number of nitrogens with zero attached hydrogens (tertiary/aromatic N) is 2. The molecule has 3 N–H and O–H groups in total. The van der Waals surface area contributed by atoms with Crippen molar-refractivity contribution in [1.82, 2.24) is 9.91 Å². The second-order valence-electron chi connectivity index (χ2n) is 4.43. The number of benzene rings is 1.